The lowest BCUT2D eigenvalue weighted by atomic mass is 10.3. The highest BCUT2D eigenvalue weighted by molar-refractivity contribution is 7.71. The van der Waals surface area contributed by atoms with Crippen LogP contribution >= 0.6 is 12.2 Å². The van der Waals surface area contributed by atoms with E-state index in [0.29, 0.717) is 11.2 Å². The van der Waals surface area contributed by atoms with Crippen LogP contribution in [0.2, 0.25) is 0 Å². The highest BCUT2D eigenvalue weighted by Gasteiger charge is 2.10. The normalized spacial score (nSPS) is 10.7. The van der Waals surface area contributed by atoms with Crippen molar-refractivity contribution < 1.29 is 5.11 Å². The van der Waals surface area contributed by atoms with Crippen molar-refractivity contribution in [2.45, 2.75) is 0 Å². The average molecular weight is 271 g/mol. The summed E-state index contributed by atoms with van der Waals surface area (Å²) in [4.78, 5) is 19.4. The van der Waals surface area contributed by atoms with Gasteiger partial charge in [-0.3, -0.25) is 4.79 Å². The summed E-state index contributed by atoms with van der Waals surface area (Å²) in [6.07, 6.45) is 1.54. The van der Waals surface area contributed by atoms with Gasteiger partial charge in [-0.25, -0.2) is 9.55 Å². The second-order valence-corrected chi connectivity index (χ2v) is 4.35. The fourth-order valence-corrected chi connectivity index (χ4v) is 2.21. The van der Waals surface area contributed by atoms with Crippen molar-refractivity contribution in [3.8, 4) is 11.4 Å². The number of hydrogen-bond acceptors (Lipinski definition) is 4. The van der Waals surface area contributed by atoms with Crippen LogP contribution in [0.5, 0.6) is 5.75 Å². The number of hydrogen-bond donors (Lipinski definition) is 2. The number of rotatable bonds is 1. The van der Waals surface area contributed by atoms with Gasteiger partial charge in [-0.05, 0) is 36.5 Å². The minimum absolute atomic E-state index is 0.0145. The van der Waals surface area contributed by atoms with Crippen molar-refractivity contribution in [2.24, 2.45) is 0 Å². The molecular formula is C13H9N3O2S. The molecule has 0 spiro atoms. The SMILES string of the molecule is O=c1c2ncccc2[nH]c(=S)n1-c1ccccc1O. The topological polar surface area (TPSA) is 70.9 Å². The predicted molar refractivity (Wildman–Crippen MR) is 74.2 cm³/mol. The Labute approximate surface area is 112 Å². The Kier molecular flexibility index (Phi) is 2.64. The van der Waals surface area contributed by atoms with E-state index in [9.17, 15) is 9.90 Å². The molecule has 2 heterocycles. The van der Waals surface area contributed by atoms with E-state index in [2.05, 4.69) is 9.97 Å². The van der Waals surface area contributed by atoms with Crippen LogP contribution in [-0.2, 0) is 0 Å². The third kappa shape index (κ3) is 1.82. The Morgan fingerprint density at radius 3 is 2.79 bits per heavy atom. The van der Waals surface area contributed by atoms with E-state index in [1.165, 1.54) is 16.8 Å². The molecule has 0 fully saturated rings. The first-order chi connectivity index (χ1) is 9.18. The van der Waals surface area contributed by atoms with Gasteiger partial charge < -0.3 is 10.1 Å². The third-order valence-corrected chi connectivity index (χ3v) is 3.07. The van der Waals surface area contributed by atoms with Crippen LogP contribution in [0.4, 0.5) is 0 Å². The summed E-state index contributed by atoms with van der Waals surface area (Å²) < 4.78 is 1.45. The Morgan fingerprint density at radius 2 is 2.00 bits per heavy atom. The highest BCUT2D eigenvalue weighted by atomic mass is 32.1. The molecule has 2 N–H and O–H groups in total. The van der Waals surface area contributed by atoms with Crippen LogP contribution in [-0.4, -0.2) is 19.6 Å². The first kappa shape index (κ1) is 11.6. The van der Waals surface area contributed by atoms with Crippen molar-refractivity contribution in [1.29, 1.82) is 0 Å². The lowest BCUT2D eigenvalue weighted by Crippen LogP contribution is -2.21. The molecule has 0 aliphatic heterocycles. The van der Waals surface area contributed by atoms with Gasteiger partial charge in [0.25, 0.3) is 5.56 Å². The Balaban J connectivity index is 2.47. The van der Waals surface area contributed by atoms with Crippen molar-refractivity contribution >= 4 is 23.3 Å². The second kappa shape index (κ2) is 4.33. The van der Waals surface area contributed by atoms with Crippen molar-refractivity contribution in [2.75, 3.05) is 0 Å². The van der Waals surface area contributed by atoms with Crippen LogP contribution < -0.4 is 5.56 Å². The third-order valence-electron chi connectivity index (χ3n) is 2.78. The molecule has 0 saturated carbocycles. The quantitative estimate of drug-likeness (QED) is 0.665. The maximum absolute atomic E-state index is 12.4. The Bertz CT molecular complexity index is 883. The summed E-state index contributed by atoms with van der Waals surface area (Å²) >= 11 is 5.18. The zero-order valence-corrected chi connectivity index (χ0v) is 10.5. The van der Waals surface area contributed by atoms with Crippen molar-refractivity contribution in [1.82, 2.24) is 14.5 Å². The molecule has 94 valence electrons. The highest BCUT2D eigenvalue weighted by Crippen LogP contribution is 2.19. The molecule has 0 unspecified atom stereocenters. The van der Waals surface area contributed by atoms with Gasteiger partial charge in [0.05, 0.1) is 11.2 Å². The van der Waals surface area contributed by atoms with E-state index < -0.39 is 0 Å². The number of aromatic hydroxyl groups is 1. The fraction of sp³-hybridized carbons (Fsp3) is 0. The molecule has 0 amide bonds. The molecule has 0 bridgehead atoms. The van der Waals surface area contributed by atoms with Crippen molar-refractivity contribution in [3.05, 3.63) is 57.7 Å². The van der Waals surface area contributed by atoms with Crippen LogP contribution in [0.25, 0.3) is 16.7 Å². The maximum Gasteiger partial charge on any atom is 0.285 e. The van der Waals surface area contributed by atoms with Crippen LogP contribution in [0.1, 0.15) is 0 Å². The summed E-state index contributed by atoms with van der Waals surface area (Å²) in [5.41, 5.74) is 0.825. The molecule has 19 heavy (non-hydrogen) atoms. The van der Waals surface area contributed by atoms with Gasteiger partial charge in [0, 0.05) is 6.20 Å². The lowest BCUT2D eigenvalue weighted by Gasteiger charge is -2.08. The van der Waals surface area contributed by atoms with E-state index in [1.54, 1.807) is 30.3 Å². The number of H-pyrrole nitrogens is 1. The molecule has 0 atom stereocenters. The molecule has 3 aromatic rings. The molecule has 5 nitrogen and oxygen atoms in total. The summed E-state index contributed by atoms with van der Waals surface area (Å²) in [5, 5.41) is 9.84. The average Bonchev–Trinajstić information content (AvgIpc) is 2.41. The van der Waals surface area contributed by atoms with Crippen molar-refractivity contribution in [3.63, 3.8) is 0 Å². The minimum atomic E-state index is -0.360. The number of fused-ring (bicyclic) bond motifs is 1. The zero-order valence-electron chi connectivity index (χ0n) is 9.70. The molecular weight excluding hydrogens is 262 g/mol. The van der Waals surface area contributed by atoms with Crippen LogP contribution in [0, 0.1) is 4.77 Å². The van der Waals surface area contributed by atoms with Crippen LogP contribution in [0.15, 0.2) is 47.4 Å². The molecule has 1 aromatic carbocycles. The number of pyridine rings is 1. The molecule has 3 rings (SSSR count). The zero-order chi connectivity index (χ0) is 13.4. The number of para-hydroxylation sites is 2. The summed E-state index contributed by atoms with van der Waals surface area (Å²) in [6.45, 7) is 0. The van der Waals surface area contributed by atoms with E-state index in [1.807, 2.05) is 0 Å². The number of nitrogens with one attached hydrogen (secondary N) is 1. The smallest absolute Gasteiger partial charge is 0.285 e. The van der Waals surface area contributed by atoms with Gasteiger partial charge in [-0.15, -0.1) is 0 Å². The number of phenols is 1. The first-order valence-electron chi connectivity index (χ1n) is 5.57. The lowest BCUT2D eigenvalue weighted by molar-refractivity contribution is 0.471. The summed E-state index contributed by atoms with van der Waals surface area (Å²) in [7, 11) is 0. The first-order valence-corrected chi connectivity index (χ1v) is 5.98. The molecule has 0 saturated heterocycles. The standard InChI is InChI=1S/C13H9N3O2S/c17-10-6-2-1-5-9(10)16-12(18)11-8(15-13(16)19)4-3-7-14-11/h1-7,17H,(H,15,19). The molecule has 2 aromatic heterocycles. The molecule has 0 radical (unpaired) electrons. The number of aromatic amines is 1. The number of nitrogens with zero attached hydrogens (tertiary/aromatic N) is 2. The maximum atomic E-state index is 12.4. The molecule has 0 aliphatic carbocycles. The Hall–Kier alpha value is -2.47. The number of aromatic nitrogens is 3. The van der Waals surface area contributed by atoms with Gasteiger partial charge >= 0.3 is 0 Å². The van der Waals surface area contributed by atoms with E-state index >= 15 is 0 Å². The monoisotopic (exact) mass is 271 g/mol. The number of phenolic OH excluding ortho intramolecular Hbond substituents is 1. The second-order valence-electron chi connectivity index (χ2n) is 3.96. The summed E-state index contributed by atoms with van der Waals surface area (Å²) in [5.74, 6) is -0.0145. The Morgan fingerprint density at radius 1 is 1.21 bits per heavy atom. The van der Waals surface area contributed by atoms with E-state index in [4.69, 9.17) is 12.2 Å². The summed E-state index contributed by atoms with van der Waals surface area (Å²) in [6, 6.07) is 9.97. The largest absolute Gasteiger partial charge is 0.506 e. The fourth-order valence-electron chi connectivity index (χ4n) is 1.92. The number of benzene rings is 1. The minimum Gasteiger partial charge on any atom is -0.506 e. The van der Waals surface area contributed by atoms with Gasteiger partial charge in [-0.1, -0.05) is 12.1 Å². The van der Waals surface area contributed by atoms with Crippen LogP contribution in [0.3, 0.4) is 0 Å². The van der Waals surface area contributed by atoms with Gasteiger partial charge in [0.1, 0.15) is 5.75 Å². The van der Waals surface area contributed by atoms with Gasteiger partial charge in [-0.2, -0.15) is 0 Å². The van der Waals surface area contributed by atoms with Gasteiger partial charge in [0.2, 0.25) is 0 Å². The predicted octanol–water partition coefficient (Wildman–Crippen LogP) is 2.15. The van der Waals surface area contributed by atoms with E-state index in [-0.39, 0.29) is 21.6 Å². The van der Waals surface area contributed by atoms with Gasteiger partial charge in [0.15, 0.2) is 10.3 Å². The molecule has 6 heteroatoms. The van der Waals surface area contributed by atoms with E-state index in [0.717, 1.165) is 0 Å². The molecule has 0 aliphatic rings.